The highest BCUT2D eigenvalue weighted by atomic mass is 127. The molecule has 0 unspecified atom stereocenters. The average molecular weight is 400 g/mol. The summed E-state index contributed by atoms with van der Waals surface area (Å²) in [7, 11) is 0. The van der Waals surface area contributed by atoms with Crippen molar-refractivity contribution in [3.05, 3.63) is 30.2 Å². The van der Waals surface area contributed by atoms with E-state index in [0.29, 0.717) is 0 Å². The van der Waals surface area contributed by atoms with Gasteiger partial charge in [0.2, 0.25) is 0 Å². The molecule has 0 fully saturated rings. The second-order valence-corrected chi connectivity index (χ2v) is 5.86. The first-order chi connectivity index (χ1) is 5.70. The molecule has 0 bridgehead atoms. The SMILES string of the molecule is Cc1ccc(I)c2c(I)csc12. The standard InChI is InChI=1S/C9H6I2S/c1-5-2-3-6(10)8-7(11)4-12-9(5)8/h2-4H,1H3. The summed E-state index contributed by atoms with van der Waals surface area (Å²) in [6, 6.07) is 4.38. The molecule has 0 atom stereocenters. The molecule has 1 aromatic carbocycles. The maximum absolute atomic E-state index is 2.40. The summed E-state index contributed by atoms with van der Waals surface area (Å²) in [4.78, 5) is 0. The van der Waals surface area contributed by atoms with Crippen molar-refractivity contribution in [1.29, 1.82) is 0 Å². The van der Waals surface area contributed by atoms with Gasteiger partial charge >= 0.3 is 0 Å². The minimum absolute atomic E-state index is 1.36. The second-order valence-electron chi connectivity index (χ2n) is 2.65. The Morgan fingerprint density at radius 1 is 1.17 bits per heavy atom. The minimum Gasteiger partial charge on any atom is -0.142 e. The Balaban J connectivity index is 2.98. The lowest BCUT2D eigenvalue weighted by Gasteiger charge is -1.98. The van der Waals surface area contributed by atoms with Crippen LogP contribution in [0.25, 0.3) is 10.1 Å². The third-order valence-corrected chi connectivity index (χ3v) is 5.11. The Labute approximate surface area is 103 Å². The normalized spacial score (nSPS) is 10.9. The number of benzene rings is 1. The summed E-state index contributed by atoms with van der Waals surface area (Å²) in [5, 5.41) is 3.65. The van der Waals surface area contributed by atoms with Gasteiger partial charge in [0.1, 0.15) is 0 Å². The van der Waals surface area contributed by atoms with Crippen molar-refractivity contribution < 1.29 is 0 Å². The van der Waals surface area contributed by atoms with Gasteiger partial charge in [-0.25, -0.2) is 0 Å². The van der Waals surface area contributed by atoms with Gasteiger partial charge < -0.3 is 0 Å². The number of fused-ring (bicyclic) bond motifs is 1. The molecule has 0 saturated carbocycles. The van der Waals surface area contributed by atoms with Gasteiger partial charge in [-0.1, -0.05) is 6.07 Å². The van der Waals surface area contributed by atoms with Crippen LogP contribution in [0.5, 0.6) is 0 Å². The number of thiophene rings is 1. The molecule has 62 valence electrons. The van der Waals surface area contributed by atoms with E-state index in [1.807, 2.05) is 11.3 Å². The number of aryl methyl sites for hydroxylation is 1. The van der Waals surface area contributed by atoms with Gasteiger partial charge in [0, 0.05) is 22.6 Å². The van der Waals surface area contributed by atoms with E-state index < -0.39 is 0 Å². The van der Waals surface area contributed by atoms with Crippen LogP contribution in [0.4, 0.5) is 0 Å². The average Bonchev–Trinajstić information content (AvgIpc) is 2.42. The lowest BCUT2D eigenvalue weighted by Crippen LogP contribution is -1.77. The summed E-state index contributed by atoms with van der Waals surface area (Å²) in [5.41, 5.74) is 1.39. The van der Waals surface area contributed by atoms with Crippen molar-refractivity contribution >= 4 is 66.6 Å². The summed E-state index contributed by atoms with van der Waals surface area (Å²) in [6.45, 7) is 2.17. The van der Waals surface area contributed by atoms with Gasteiger partial charge in [-0.2, -0.15) is 0 Å². The van der Waals surface area contributed by atoms with Gasteiger partial charge in [-0.3, -0.25) is 0 Å². The van der Waals surface area contributed by atoms with E-state index in [-0.39, 0.29) is 0 Å². The molecule has 0 amide bonds. The molecule has 2 rings (SSSR count). The molecule has 12 heavy (non-hydrogen) atoms. The highest BCUT2D eigenvalue weighted by molar-refractivity contribution is 14.1. The fraction of sp³-hybridized carbons (Fsp3) is 0.111. The fourth-order valence-corrected chi connectivity index (χ4v) is 4.70. The van der Waals surface area contributed by atoms with Crippen LogP contribution in [0.3, 0.4) is 0 Å². The van der Waals surface area contributed by atoms with E-state index in [1.54, 1.807) is 0 Å². The van der Waals surface area contributed by atoms with Crippen LogP contribution in [-0.2, 0) is 0 Å². The Hall–Kier alpha value is 0.640. The van der Waals surface area contributed by atoms with Crippen LogP contribution in [-0.4, -0.2) is 0 Å². The highest BCUT2D eigenvalue weighted by Gasteiger charge is 2.06. The van der Waals surface area contributed by atoms with Crippen LogP contribution < -0.4 is 0 Å². The molecule has 0 aliphatic heterocycles. The van der Waals surface area contributed by atoms with E-state index in [0.717, 1.165) is 0 Å². The molecule has 0 saturated heterocycles. The molecule has 2 aromatic rings. The molecule has 0 N–H and O–H groups in total. The molecule has 1 heterocycles. The molecule has 0 aliphatic carbocycles. The monoisotopic (exact) mass is 400 g/mol. The van der Waals surface area contributed by atoms with E-state index >= 15 is 0 Å². The van der Waals surface area contributed by atoms with Crippen molar-refractivity contribution in [3.63, 3.8) is 0 Å². The zero-order valence-electron chi connectivity index (χ0n) is 6.40. The van der Waals surface area contributed by atoms with Crippen LogP contribution in [0.15, 0.2) is 17.5 Å². The Morgan fingerprint density at radius 3 is 2.58 bits per heavy atom. The quantitative estimate of drug-likeness (QED) is 0.575. The molecular formula is C9H6I2S. The molecule has 0 radical (unpaired) electrons. The van der Waals surface area contributed by atoms with Crippen molar-refractivity contribution in [1.82, 2.24) is 0 Å². The zero-order chi connectivity index (χ0) is 8.72. The largest absolute Gasteiger partial charge is 0.142 e. The molecule has 0 aliphatic rings. The molecule has 3 heteroatoms. The van der Waals surface area contributed by atoms with Crippen molar-refractivity contribution in [2.45, 2.75) is 6.92 Å². The lowest BCUT2D eigenvalue weighted by molar-refractivity contribution is 1.54. The fourth-order valence-electron chi connectivity index (χ4n) is 1.21. The van der Waals surface area contributed by atoms with Gasteiger partial charge in [-0.15, -0.1) is 11.3 Å². The highest BCUT2D eigenvalue weighted by Crippen LogP contribution is 2.33. The van der Waals surface area contributed by atoms with E-state index in [4.69, 9.17) is 0 Å². The number of hydrogen-bond donors (Lipinski definition) is 0. The zero-order valence-corrected chi connectivity index (χ0v) is 11.5. The molecule has 1 aromatic heterocycles. The third-order valence-electron chi connectivity index (χ3n) is 1.82. The Morgan fingerprint density at radius 2 is 1.92 bits per heavy atom. The lowest BCUT2D eigenvalue weighted by atomic mass is 10.2. The van der Waals surface area contributed by atoms with Crippen molar-refractivity contribution in [2.24, 2.45) is 0 Å². The summed E-state index contributed by atoms with van der Waals surface area (Å²) in [6.07, 6.45) is 0. The first-order valence-corrected chi connectivity index (χ1v) is 6.55. The topological polar surface area (TPSA) is 0 Å². The van der Waals surface area contributed by atoms with Crippen molar-refractivity contribution in [3.8, 4) is 0 Å². The van der Waals surface area contributed by atoms with Crippen LogP contribution >= 0.6 is 56.5 Å². The molecule has 0 spiro atoms. The van der Waals surface area contributed by atoms with Crippen molar-refractivity contribution in [2.75, 3.05) is 0 Å². The maximum atomic E-state index is 2.40. The first-order valence-electron chi connectivity index (χ1n) is 3.52. The minimum atomic E-state index is 1.36. The van der Waals surface area contributed by atoms with E-state index in [1.165, 1.54) is 22.8 Å². The van der Waals surface area contributed by atoms with Crippen LogP contribution in [0.1, 0.15) is 5.56 Å². The number of rotatable bonds is 0. The first kappa shape index (κ1) is 9.21. The summed E-state index contributed by atoms with van der Waals surface area (Å²) >= 11 is 6.64. The third kappa shape index (κ3) is 1.39. The van der Waals surface area contributed by atoms with E-state index in [9.17, 15) is 0 Å². The van der Waals surface area contributed by atoms with Gasteiger partial charge in [0.05, 0.1) is 0 Å². The number of halogens is 2. The van der Waals surface area contributed by atoms with E-state index in [2.05, 4.69) is 69.6 Å². The van der Waals surface area contributed by atoms with Gasteiger partial charge in [0.15, 0.2) is 0 Å². The van der Waals surface area contributed by atoms with Crippen LogP contribution in [0, 0.1) is 14.1 Å². The Bertz CT molecular complexity index is 431. The summed E-state index contributed by atoms with van der Waals surface area (Å²) < 4.78 is 4.17. The second kappa shape index (κ2) is 3.42. The van der Waals surface area contributed by atoms with Gasteiger partial charge in [0.25, 0.3) is 0 Å². The molecular weight excluding hydrogens is 394 g/mol. The predicted molar refractivity (Wildman–Crippen MR) is 72.0 cm³/mol. The molecule has 0 nitrogen and oxygen atoms in total. The number of hydrogen-bond acceptors (Lipinski definition) is 1. The summed E-state index contributed by atoms with van der Waals surface area (Å²) in [5.74, 6) is 0. The smallest absolute Gasteiger partial charge is 0.0393 e. The Kier molecular flexibility index (Phi) is 2.62. The van der Waals surface area contributed by atoms with Crippen LogP contribution in [0.2, 0.25) is 0 Å². The van der Waals surface area contributed by atoms with Gasteiger partial charge in [-0.05, 0) is 63.7 Å². The predicted octanol–water partition coefficient (Wildman–Crippen LogP) is 4.42. The maximum Gasteiger partial charge on any atom is 0.0393 e.